The Morgan fingerprint density at radius 2 is 1.35 bits per heavy atom. The summed E-state index contributed by atoms with van der Waals surface area (Å²) in [5.74, 6) is -0.359. The van der Waals surface area contributed by atoms with Gasteiger partial charge in [-0.1, -0.05) is 152 Å². The Labute approximate surface area is 354 Å². The molecule has 5 atom stereocenters. The molecule has 0 spiro atoms. The van der Waals surface area contributed by atoms with Gasteiger partial charge in [0, 0.05) is 31.1 Å². The summed E-state index contributed by atoms with van der Waals surface area (Å²) in [5, 5.41) is 12.6. The molecule has 3 N–H and O–H groups in total. The molecule has 9 nitrogen and oxygen atoms in total. The molecule has 0 aromatic heterocycles. The molecule has 1 aliphatic heterocycles. The number of sulfonamides is 1. The van der Waals surface area contributed by atoms with E-state index in [0.717, 1.165) is 51.1 Å². The minimum atomic E-state index is -3.96. The summed E-state index contributed by atoms with van der Waals surface area (Å²) in [4.78, 5) is 16.1. The molecule has 0 aliphatic carbocycles. The molecule has 1 fully saturated rings. The van der Waals surface area contributed by atoms with Gasteiger partial charge in [-0.3, -0.25) is 9.69 Å². The van der Waals surface area contributed by atoms with Gasteiger partial charge in [0.25, 0.3) is 0 Å². The summed E-state index contributed by atoms with van der Waals surface area (Å²) in [6, 6.07) is 49.4. The molecule has 0 bridgehead atoms. The average molecular weight is 824 g/mol. The first kappa shape index (κ1) is 42.7. The van der Waals surface area contributed by atoms with Crippen molar-refractivity contribution >= 4 is 15.9 Å². The number of nitrogens with zero attached hydrogens (tertiary/aromatic N) is 1. The normalized spacial score (nSPS) is 18.6. The van der Waals surface area contributed by atoms with E-state index >= 15 is 0 Å². The van der Waals surface area contributed by atoms with E-state index in [2.05, 4.69) is 65.3 Å². The maximum absolute atomic E-state index is 13.7. The fourth-order valence-corrected chi connectivity index (χ4v) is 8.81. The Hall–Kier alpha value is -5.46. The highest BCUT2D eigenvalue weighted by molar-refractivity contribution is 7.89. The molecule has 1 amide bonds. The lowest BCUT2D eigenvalue weighted by molar-refractivity contribution is -0.276. The zero-order valence-corrected chi connectivity index (χ0v) is 35.1. The molecule has 0 saturated carbocycles. The van der Waals surface area contributed by atoms with Crippen molar-refractivity contribution in [3.63, 3.8) is 0 Å². The van der Waals surface area contributed by atoms with E-state index < -0.39 is 28.3 Å². The third-order valence-electron chi connectivity index (χ3n) is 11.0. The van der Waals surface area contributed by atoms with Crippen molar-refractivity contribution in [3.8, 4) is 11.1 Å². The standard InChI is InChI=1S/C50H53N3O6S/c1-35-17-27-45(28-18-35)60(56,57)52-46(30-37-11-6-4-7-12-37)49(55)51-31-40-15-10-16-44(29-40)41-23-25-43(26-24-41)50-58-47(33-53(3)32-38-13-8-5-9-14-38)36(2)48(59-50)42-21-19-39(34-54)20-22-42/h4-29,36,46-48,50,52,54H,30-34H2,1-3H3,(H,51,55). The second-order valence-electron chi connectivity index (χ2n) is 15.7. The average Bonchev–Trinajstić information content (AvgIpc) is 3.27. The van der Waals surface area contributed by atoms with Crippen LogP contribution in [-0.4, -0.2) is 50.1 Å². The molecule has 1 aliphatic rings. The van der Waals surface area contributed by atoms with Crippen LogP contribution >= 0.6 is 0 Å². The number of aliphatic hydroxyl groups excluding tert-OH is 1. The van der Waals surface area contributed by atoms with Crippen molar-refractivity contribution < 1.29 is 27.8 Å². The third-order valence-corrected chi connectivity index (χ3v) is 12.5. The van der Waals surface area contributed by atoms with Crippen molar-refractivity contribution in [1.29, 1.82) is 0 Å². The molecule has 310 valence electrons. The summed E-state index contributed by atoms with van der Waals surface area (Å²) < 4.78 is 42.9. The van der Waals surface area contributed by atoms with Crippen LogP contribution < -0.4 is 10.0 Å². The van der Waals surface area contributed by atoms with Crippen LogP contribution in [0.3, 0.4) is 0 Å². The SMILES string of the molecule is Cc1ccc(S(=O)(=O)NC(Cc2ccccc2)C(=O)NCc2cccc(-c3ccc(C4OC(CN(C)Cc5ccccc5)C(C)C(c5ccc(CO)cc5)O4)cc3)c2)cc1. The van der Waals surface area contributed by atoms with Gasteiger partial charge in [-0.05, 0) is 77.5 Å². The lowest BCUT2D eigenvalue weighted by Crippen LogP contribution is -2.47. The van der Waals surface area contributed by atoms with Crippen LogP contribution in [0.5, 0.6) is 0 Å². The first-order valence-electron chi connectivity index (χ1n) is 20.4. The Bertz CT molecular complexity index is 2410. The number of amides is 1. The Balaban J connectivity index is 1.05. The number of likely N-dealkylation sites (N-methyl/N-ethyl adjacent to an activating group) is 1. The number of aryl methyl sites for hydroxylation is 1. The number of ether oxygens (including phenoxy) is 2. The first-order chi connectivity index (χ1) is 29.0. The van der Waals surface area contributed by atoms with Crippen LogP contribution in [0.1, 0.15) is 58.3 Å². The number of benzene rings is 6. The monoisotopic (exact) mass is 823 g/mol. The van der Waals surface area contributed by atoms with E-state index in [4.69, 9.17) is 9.47 Å². The maximum atomic E-state index is 13.7. The van der Waals surface area contributed by atoms with Gasteiger partial charge in [-0.15, -0.1) is 0 Å². The van der Waals surface area contributed by atoms with Gasteiger partial charge in [-0.25, -0.2) is 8.42 Å². The van der Waals surface area contributed by atoms with Crippen molar-refractivity contribution in [2.45, 2.75) is 69.4 Å². The zero-order chi connectivity index (χ0) is 42.1. The molecular weight excluding hydrogens is 771 g/mol. The minimum absolute atomic E-state index is 0.0159. The van der Waals surface area contributed by atoms with Crippen molar-refractivity contribution in [2.75, 3.05) is 13.6 Å². The number of hydrogen-bond donors (Lipinski definition) is 3. The molecule has 1 heterocycles. The van der Waals surface area contributed by atoms with E-state index in [1.165, 1.54) is 5.56 Å². The summed E-state index contributed by atoms with van der Waals surface area (Å²) >= 11 is 0. The topological polar surface area (TPSA) is 117 Å². The number of carbonyl (C=O) groups excluding carboxylic acids is 1. The van der Waals surface area contributed by atoms with Crippen LogP contribution in [-0.2, 0) is 50.4 Å². The highest BCUT2D eigenvalue weighted by Crippen LogP contribution is 2.42. The molecule has 0 radical (unpaired) electrons. The number of aliphatic hydroxyl groups is 1. The van der Waals surface area contributed by atoms with Crippen LogP contribution in [0, 0.1) is 12.8 Å². The quantitative estimate of drug-likeness (QED) is 0.0900. The molecule has 60 heavy (non-hydrogen) atoms. The fourth-order valence-electron chi connectivity index (χ4n) is 7.61. The summed E-state index contributed by atoms with van der Waals surface area (Å²) in [6.45, 7) is 5.78. The van der Waals surface area contributed by atoms with E-state index in [1.54, 1.807) is 24.3 Å². The van der Waals surface area contributed by atoms with Crippen LogP contribution in [0.2, 0.25) is 0 Å². The van der Waals surface area contributed by atoms with Crippen molar-refractivity contribution in [2.24, 2.45) is 5.92 Å². The van der Waals surface area contributed by atoms with Crippen molar-refractivity contribution in [1.82, 2.24) is 14.9 Å². The third kappa shape index (κ3) is 11.0. The Kier molecular flexibility index (Phi) is 14.0. The number of rotatable bonds is 16. The van der Waals surface area contributed by atoms with Gasteiger partial charge in [-0.2, -0.15) is 4.72 Å². The highest BCUT2D eigenvalue weighted by atomic mass is 32.2. The van der Waals surface area contributed by atoms with E-state index in [1.807, 2.05) is 104 Å². The summed E-state index contributed by atoms with van der Waals surface area (Å²) in [5.41, 5.74) is 8.64. The zero-order valence-electron chi connectivity index (χ0n) is 34.3. The molecule has 10 heteroatoms. The van der Waals surface area contributed by atoms with E-state index in [-0.39, 0.29) is 42.6 Å². The number of hydrogen-bond acceptors (Lipinski definition) is 7. The van der Waals surface area contributed by atoms with E-state index in [0.29, 0.717) is 6.54 Å². The van der Waals surface area contributed by atoms with Crippen LogP contribution in [0.4, 0.5) is 0 Å². The molecule has 1 saturated heterocycles. The van der Waals surface area contributed by atoms with Gasteiger partial charge in [0.2, 0.25) is 15.9 Å². The predicted octanol–water partition coefficient (Wildman–Crippen LogP) is 8.28. The van der Waals surface area contributed by atoms with Gasteiger partial charge in [0.1, 0.15) is 6.04 Å². The largest absolute Gasteiger partial charge is 0.392 e. The van der Waals surface area contributed by atoms with Gasteiger partial charge in [0.15, 0.2) is 6.29 Å². The lowest BCUT2D eigenvalue weighted by Gasteiger charge is -2.42. The molecule has 7 rings (SSSR count). The fraction of sp³-hybridized carbons (Fsp3) is 0.260. The summed E-state index contributed by atoms with van der Waals surface area (Å²) in [6.07, 6.45) is -0.735. The highest BCUT2D eigenvalue weighted by Gasteiger charge is 2.39. The molecular formula is C50H53N3O6S. The van der Waals surface area contributed by atoms with Gasteiger partial charge in [0.05, 0.1) is 23.7 Å². The molecule has 5 unspecified atom stereocenters. The molecule has 6 aromatic carbocycles. The maximum Gasteiger partial charge on any atom is 0.241 e. The van der Waals surface area contributed by atoms with Gasteiger partial charge < -0.3 is 19.9 Å². The Morgan fingerprint density at radius 1 is 0.717 bits per heavy atom. The molecule has 6 aromatic rings. The number of carbonyl (C=O) groups is 1. The van der Waals surface area contributed by atoms with Crippen molar-refractivity contribution in [3.05, 3.63) is 197 Å². The second kappa shape index (κ2) is 19.7. The summed E-state index contributed by atoms with van der Waals surface area (Å²) in [7, 11) is -1.85. The first-order valence-corrected chi connectivity index (χ1v) is 21.9. The number of nitrogens with one attached hydrogen (secondary N) is 2. The second-order valence-corrected chi connectivity index (χ2v) is 17.4. The van der Waals surface area contributed by atoms with Crippen LogP contribution in [0.25, 0.3) is 11.1 Å². The van der Waals surface area contributed by atoms with E-state index in [9.17, 15) is 18.3 Å². The Morgan fingerprint density at radius 3 is 2.02 bits per heavy atom. The lowest BCUT2D eigenvalue weighted by atomic mass is 9.90. The predicted molar refractivity (Wildman–Crippen MR) is 235 cm³/mol. The van der Waals surface area contributed by atoms with Crippen LogP contribution in [0.15, 0.2) is 163 Å². The minimum Gasteiger partial charge on any atom is -0.392 e. The van der Waals surface area contributed by atoms with Gasteiger partial charge >= 0.3 is 0 Å². The smallest absolute Gasteiger partial charge is 0.241 e.